The number of ether oxygens (including phenoxy) is 2. The quantitative estimate of drug-likeness (QED) is 0.586. The van der Waals surface area contributed by atoms with E-state index in [1.54, 1.807) is 12.0 Å². The van der Waals surface area contributed by atoms with E-state index in [4.69, 9.17) is 9.47 Å². The third-order valence-corrected chi connectivity index (χ3v) is 4.90. The van der Waals surface area contributed by atoms with Crippen molar-refractivity contribution in [3.8, 4) is 11.5 Å². The van der Waals surface area contributed by atoms with Crippen LogP contribution in [0.3, 0.4) is 0 Å². The van der Waals surface area contributed by atoms with Crippen LogP contribution < -0.4 is 24.6 Å². The molecule has 0 aliphatic carbocycles. The van der Waals surface area contributed by atoms with Gasteiger partial charge in [-0.1, -0.05) is 24.3 Å². The highest BCUT2D eigenvalue weighted by Gasteiger charge is 2.24. The van der Waals surface area contributed by atoms with Gasteiger partial charge in [0.25, 0.3) is 5.91 Å². The number of hydrogen-bond donors (Lipinski definition) is 3. The van der Waals surface area contributed by atoms with Gasteiger partial charge in [0.2, 0.25) is 0 Å². The van der Waals surface area contributed by atoms with Crippen molar-refractivity contribution < 1.29 is 24.1 Å². The minimum absolute atomic E-state index is 0.0501. The molecule has 0 spiro atoms. The van der Waals surface area contributed by atoms with Gasteiger partial charge in [-0.2, -0.15) is 0 Å². The molecule has 1 amide bonds. The summed E-state index contributed by atoms with van der Waals surface area (Å²) in [6, 6.07) is 17.4. The Labute approximate surface area is 160 Å². The molecule has 0 unspecified atom stereocenters. The van der Waals surface area contributed by atoms with Crippen molar-refractivity contribution in [1.82, 2.24) is 0 Å². The van der Waals surface area contributed by atoms with Crippen molar-refractivity contribution in [2.45, 2.75) is 0 Å². The third kappa shape index (κ3) is 6.27. The molecular weight excluding hydrogens is 342 g/mol. The second-order valence-corrected chi connectivity index (χ2v) is 6.87. The van der Waals surface area contributed by atoms with Gasteiger partial charge in [0.05, 0.1) is 7.11 Å². The first-order valence-corrected chi connectivity index (χ1v) is 9.52. The Kier molecular flexibility index (Phi) is 7.07. The summed E-state index contributed by atoms with van der Waals surface area (Å²) in [5, 5.41) is 2.96. The van der Waals surface area contributed by atoms with Gasteiger partial charge in [-0.05, 0) is 24.3 Å². The number of para-hydroxylation sites is 1. The summed E-state index contributed by atoms with van der Waals surface area (Å²) in [7, 11) is 1.62. The number of anilines is 1. The van der Waals surface area contributed by atoms with Crippen molar-refractivity contribution in [1.29, 1.82) is 0 Å². The van der Waals surface area contributed by atoms with Crippen molar-refractivity contribution in [2.24, 2.45) is 0 Å². The van der Waals surface area contributed by atoms with E-state index in [1.807, 2.05) is 54.6 Å². The monoisotopic (exact) mass is 371 g/mol. The van der Waals surface area contributed by atoms with Crippen LogP contribution in [0.1, 0.15) is 0 Å². The number of carbonyl (C=O) groups excluding carboxylic acids is 1. The highest BCUT2D eigenvalue weighted by atomic mass is 16.5. The van der Waals surface area contributed by atoms with Crippen molar-refractivity contribution in [3.05, 3.63) is 54.6 Å². The number of benzene rings is 2. The zero-order valence-electron chi connectivity index (χ0n) is 15.9. The molecular formula is C21H29N3O3+2. The first-order valence-electron chi connectivity index (χ1n) is 9.52. The highest BCUT2D eigenvalue weighted by molar-refractivity contribution is 5.91. The lowest BCUT2D eigenvalue weighted by molar-refractivity contribution is -1.01. The van der Waals surface area contributed by atoms with Crippen LogP contribution in [0.2, 0.25) is 0 Å². The van der Waals surface area contributed by atoms with Crippen LogP contribution in [0.5, 0.6) is 11.5 Å². The molecule has 3 rings (SSSR count). The van der Waals surface area contributed by atoms with Gasteiger partial charge in [0.1, 0.15) is 50.8 Å². The summed E-state index contributed by atoms with van der Waals surface area (Å²) in [5.74, 6) is 1.72. The summed E-state index contributed by atoms with van der Waals surface area (Å²) < 4.78 is 11.0. The van der Waals surface area contributed by atoms with E-state index < -0.39 is 0 Å². The van der Waals surface area contributed by atoms with Crippen LogP contribution in [0.25, 0.3) is 0 Å². The van der Waals surface area contributed by atoms with Crippen molar-refractivity contribution >= 4 is 11.6 Å². The van der Waals surface area contributed by atoms with Crippen LogP contribution >= 0.6 is 0 Å². The number of rotatable bonds is 8. The average Bonchev–Trinajstić information content (AvgIpc) is 2.70. The fourth-order valence-corrected chi connectivity index (χ4v) is 3.35. The molecule has 0 radical (unpaired) electrons. The Balaban J connectivity index is 1.34. The minimum atomic E-state index is 0.0501. The predicted octanol–water partition coefficient (Wildman–Crippen LogP) is -0.504. The second-order valence-electron chi connectivity index (χ2n) is 6.87. The van der Waals surface area contributed by atoms with E-state index in [0.717, 1.165) is 56.5 Å². The number of carbonyl (C=O) groups is 1. The maximum absolute atomic E-state index is 12.3. The van der Waals surface area contributed by atoms with Gasteiger partial charge in [0.15, 0.2) is 6.54 Å². The topological polar surface area (TPSA) is 56.4 Å². The lowest BCUT2D eigenvalue weighted by Gasteiger charge is -2.29. The lowest BCUT2D eigenvalue weighted by Crippen LogP contribution is -3.28. The number of quaternary nitrogens is 2. The van der Waals surface area contributed by atoms with E-state index in [2.05, 4.69) is 5.32 Å². The van der Waals surface area contributed by atoms with Gasteiger partial charge < -0.3 is 24.6 Å². The average molecular weight is 371 g/mol. The van der Waals surface area contributed by atoms with E-state index in [1.165, 1.54) is 4.90 Å². The zero-order valence-corrected chi connectivity index (χ0v) is 15.9. The molecule has 0 saturated carbocycles. The first-order chi connectivity index (χ1) is 13.2. The molecule has 1 saturated heterocycles. The van der Waals surface area contributed by atoms with Gasteiger partial charge >= 0.3 is 0 Å². The van der Waals surface area contributed by atoms with Crippen LogP contribution in [0.15, 0.2) is 54.6 Å². The maximum Gasteiger partial charge on any atom is 0.279 e. The molecule has 2 aromatic rings. The smallest absolute Gasteiger partial charge is 0.279 e. The van der Waals surface area contributed by atoms with Gasteiger partial charge in [-0.3, -0.25) is 4.79 Å². The number of amides is 1. The fraction of sp³-hybridized carbons (Fsp3) is 0.381. The molecule has 2 aromatic carbocycles. The minimum Gasteiger partial charge on any atom is -0.497 e. The van der Waals surface area contributed by atoms with E-state index >= 15 is 0 Å². The number of hydrogen-bond acceptors (Lipinski definition) is 3. The molecule has 6 heteroatoms. The molecule has 1 heterocycles. The summed E-state index contributed by atoms with van der Waals surface area (Å²) >= 11 is 0. The SMILES string of the molecule is COc1cccc(NC(=O)C[NH+]2CC[NH+](CCOc3ccccc3)CC2)c1. The molecule has 6 nitrogen and oxygen atoms in total. The van der Waals surface area contributed by atoms with Gasteiger partial charge in [0, 0.05) is 11.8 Å². The molecule has 1 fully saturated rings. The van der Waals surface area contributed by atoms with Gasteiger partial charge in [-0.25, -0.2) is 0 Å². The summed E-state index contributed by atoms with van der Waals surface area (Å²) in [6.07, 6.45) is 0. The standard InChI is InChI=1S/C21H27N3O3/c1-26-20-9-5-6-18(16-20)22-21(25)17-24-12-10-23(11-13-24)14-15-27-19-7-3-2-4-8-19/h2-9,16H,10-15,17H2,1H3,(H,22,25)/p+2. The van der Waals surface area contributed by atoms with Crippen molar-refractivity contribution in [3.63, 3.8) is 0 Å². The van der Waals surface area contributed by atoms with E-state index in [-0.39, 0.29) is 5.91 Å². The third-order valence-electron chi connectivity index (χ3n) is 4.90. The van der Waals surface area contributed by atoms with Crippen LogP contribution in [0.4, 0.5) is 5.69 Å². The molecule has 144 valence electrons. The Morgan fingerprint density at radius 1 is 0.963 bits per heavy atom. The molecule has 0 aromatic heterocycles. The largest absolute Gasteiger partial charge is 0.497 e. The lowest BCUT2D eigenvalue weighted by atomic mass is 10.3. The fourth-order valence-electron chi connectivity index (χ4n) is 3.35. The van der Waals surface area contributed by atoms with Crippen LogP contribution in [-0.4, -0.2) is 58.9 Å². The molecule has 27 heavy (non-hydrogen) atoms. The molecule has 0 atom stereocenters. The first kappa shape index (κ1) is 19.2. The second kappa shape index (κ2) is 9.94. The summed E-state index contributed by atoms with van der Waals surface area (Å²) in [4.78, 5) is 15.2. The zero-order chi connectivity index (χ0) is 18.9. The number of piperazine rings is 1. The Bertz CT molecular complexity index is 716. The van der Waals surface area contributed by atoms with E-state index in [0.29, 0.717) is 6.54 Å². The Morgan fingerprint density at radius 2 is 1.67 bits per heavy atom. The maximum atomic E-state index is 12.3. The summed E-state index contributed by atoms with van der Waals surface area (Å²) in [6.45, 7) is 6.38. The Morgan fingerprint density at radius 3 is 2.41 bits per heavy atom. The van der Waals surface area contributed by atoms with Crippen LogP contribution in [-0.2, 0) is 4.79 Å². The van der Waals surface area contributed by atoms with Crippen LogP contribution in [0, 0.1) is 0 Å². The Hall–Kier alpha value is -2.57. The van der Waals surface area contributed by atoms with Gasteiger partial charge in [-0.15, -0.1) is 0 Å². The summed E-state index contributed by atoms with van der Waals surface area (Å²) in [5.41, 5.74) is 0.779. The normalized spacial score (nSPS) is 19.3. The highest BCUT2D eigenvalue weighted by Crippen LogP contribution is 2.16. The van der Waals surface area contributed by atoms with Crippen molar-refractivity contribution in [2.75, 3.05) is 58.3 Å². The predicted molar refractivity (Wildman–Crippen MR) is 105 cm³/mol. The molecule has 0 bridgehead atoms. The number of nitrogens with one attached hydrogen (secondary N) is 3. The molecule has 1 aliphatic heterocycles. The molecule has 3 N–H and O–H groups in total. The number of methoxy groups -OCH3 is 1. The van der Waals surface area contributed by atoms with E-state index in [9.17, 15) is 4.79 Å². The molecule has 1 aliphatic rings.